The van der Waals surface area contributed by atoms with Gasteiger partial charge in [0.15, 0.2) is 0 Å². The summed E-state index contributed by atoms with van der Waals surface area (Å²) in [6.45, 7) is 38.1. The predicted octanol–water partition coefficient (Wildman–Crippen LogP) is 23.4. The Morgan fingerprint density at radius 2 is 0.832 bits per heavy atom. The summed E-state index contributed by atoms with van der Waals surface area (Å²) in [5.41, 5.74) is 24.5. The van der Waals surface area contributed by atoms with Crippen LogP contribution in [0.15, 0.2) is 206 Å². The molecule has 7 nitrogen and oxygen atoms in total. The van der Waals surface area contributed by atoms with Crippen LogP contribution in [0.2, 0.25) is 0 Å². The Balaban J connectivity index is 0.000000192. The van der Waals surface area contributed by atoms with Crippen molar-refractivity contribution in [3.63, 3.8) is 0 Å². The molecule has 0 atom stereocenters. The second-order valence-electron chi connectivity index (χ2n) is 29.7. The van der Waals surface area contributed by atoms with Crippen molar-refractivity contribution in [2.24, 2.45) is 0 Å². The van der Waals surface area contributed by atoms with Crippen LogP contribution in [0.4, 0.5) is 0 Å². The summed E-state index contributed by atoms with van der Waals surface area (Å²) in [6.07, 6.45) is 0. The molecule has 0 aliphatic heterocycles. The molecule has 0 aliphatic rings. The zero-order valence-corrected chi connectivity index (χ0v) is 60.8. The standard InChI is InChI=1S/C44H45N4.C43H45N2O.Ir/c1-27(2)33-18-14-19-34(28(3)4)41(33)47-39-24-11-9-22-37(39)45-43(47)31-16-13-17-32(26-31)44-46-38-23-10-12-25-40(38)48(44)42-35(29(5)6)20-15-21-36(42)30(7)8;1-41(2,3)30-23-24-36(33(25-30)29-19-14-11-15-20-29)45-37-22-16-21-32(28-17-12-10-13-18-28)38(37)44-40(45)34-26-31(42(4,5)6)27-35(39(34)46)43(7,8)9;/h9-25,27-30H,1-8H3;10-17,19-27,46H,1-9H3;/q2*-1;. The molecule has 8 heteroatoms. The Bertz CT molecular complexity index is 4710. The van der Waals surface area contributed by atoms with Crippen LogP contribution < -0.4 is 0 Å². The first kappa shape index (κ1) is 67.5. The summed E-state index contributed by atoms with van der Waals surface area (Å²) < 4.78 is 7.01. The third kappa shape index (κ3) is 13.0. The minimum atomic E-state index is -0.273. The first-order chi connectivity index (χ1) is 44.8. The molecule has 3 heterocycles. The molecule has 0 saturated heterocycles. The van der Waals surface area contributed by atoms with Crippen molar-refractivity contribution < 1.29 is 25.2 Å². The number of benzene rings is 10. The molecule has 485 valence electrons. The van der Waals surface area contributed by atoms with Crippen LogP contribution in [0.3, 0.4) is 0 Å². The third-order valence-electron chi connectivity index (χ3n) is 18.4. The van der Waals surface area contributed by atoms with E-state index in [1.807, 2.05) is 18.2 Å². The molecule has 1 radical (unpaired) electrons. The number of rotatable bonds is 12. The van der Waals surface area contributed by atoms with Gasteiger partial charge >= 0.3 is 0 Å². The number of aromatic nitrogens is 6. The fourth-order valence-electron chi connectivity index (χ4n) is 13.3. The Morgan fingerprint density at radius 1 is 0.379 bits per heavy atom. The van der Waals surface area contributed by atoms with E-state index >= 15 is 0 Å². The number of hydrogen-bond acceptors (Lipinski definition) is 4. The SMILES string of the molecule is CC(C)(C)c1ccc(-n2c(-c3cc(C(C)(C)C)cc(C(C)(C)C)c3O)nc3c(-c4[c-]cccc4)cccc32)c(-c2ccccc2)c1.CC(C)c1cccc(C(C)C)c1-n1c(-c2[c-]c(-c3nc4ccccc4n3-c3c(C(C)C)cccc3C(C)C)ccc2)nc2ccccc21.[Ir]. The topological polar surface area (TPSA) is 73.7 Å². The van der Waals surface area contributed by atoms with E-state index in [2.05, 4.69) is 332 Å². The van der Waals surface area contributed by atoms with E-state index in [0.29, 0.717) is 29.5 Å². The monoisotopic (exact) mass is 1430 g/mol. The van der Waals surface area contributed by atoms with Gasteiger partial charge in [-0.25, -0.2) is 4.98 Å². The van der Waals surface area contributed by atoms with Crippen molar-refractivity contribution in [2.45, 2.75) is 158 Å². The Hall–Kier alpha value is -8.94. The number of para-hydroxylation sites is 7. The van der Waals surface area contributed by atoms with Crippen molar-refractivity contribution in [1.29, 1.82) is 0 Å². The fourth-order valence-corrected chi connectivity index (χ4v) is 13.3. The number of hydrogen-bond donors (Lipinski definition) is 1. The predicted molar refractivity (Wildman–Crippen MR) is 396 cm³/mol. The van der Waals surface area contributed by atoms with E-state index in [9.17, 15) is 5.11 Å². The maximum Gasteiger partial charge on any atom is 0.148 e. The molecule has 13 rings (SSSR count). The average Bonchev–Trinajstić information content (AvgIpc) is 1.69. The molecule has 13 aromatic rings. The van der Waals surface area contributed by atoms with Crippen molar-refractivity contribution in [1.82, 2.24) is 28.7 Å². The molecule has 95 heavy (non-hydrogen) atoms. The fraction of sp³-hybridized carbons (Fsp3) is 0.276. The van der Waals surface area contributed by atoms with Gasteiger partial charge in [-0.3, -0.25) is 14.5 Å². The van der Waals surface area contributed by atoms with Crippen LogP contribution in [0.5, 0.6) is 5.75 Å². The van der Waals surface area contributed by atoms with E-state index in [1.165, 1.54) is 39.2 Å². The zero-order valence-electron chi connectivity index (χ0n) is 58.4. The van der Waals surface area contributed by atoms with Gasteiger partial charge in [-0.05, 0) is 127 Å². The Labute approximate surface area is 577 Å². The molecular weight excluding hydrogens is 1340 g/mol. The van der Waals surface area contributed by atoms with E-state index in [1.54, 1.807) is 0 Å². The van der Waals surface area contributed by atoms with Gasteiger partial charge in [0, 0.05) is 42.6 Å². The van der Waals surface area contributed by atoms with Gasteiger partial charge in [-0.2, -0.15) is 0 Å². The van der Waals surface area contributed by atoms with Crippen molar-refractivity contribution in [2.75, 3.05) is 0 Å². The van der Waals surface area contributed by atoms with Gasteiger partial charge in [0.25, 0.3) is 0 Å². The van der Waals surface area contributed by atoms with E-state index < -0.39 is 0 Å². The summed E-state index contributed by atoms with van der Waals surface area (Å²) >= 11 is 0. The summed E-state index contributed by atoms with van der Waals surface area (Å²) in [7, 11) is 0. The largest absolute Gasteiger partial charge is 0.507 e. The molecule has 0 spiro atoms. The van der Waals surface area contributed by atoms with Crippen molar-refractivity contribution in [3.05, 3.63) is 257 Å². The van der Waals surface area contributed by atoms with Crippen LogP contribution in [0.1, 0.15) is 180 Å². The molecule has 0 bridgehead atoms. The van der Waals surface area contributed by atoms with Gasteiger partial charge in [0.2, 0.25) is 0 Å². The number of phenolic OH excluding ortho intramolecular Hbond substituents is 1. The van der Waals surface area contributed by atoms with Crippen molar-refractivity contribution >= 4 is 33.1 Å². The number of nitrogens with zero attached hydrogens (tertiary/aromatic N) is 6. The van der Waals surface area contributed by atoms with Crippen LogP contribution in [0.25, 0.3) is 107 Å². The normalized spacial score (nSPS) is 12.2. The Morgan fingerprint density at radius 3 is 1.32 bits per heavy atom. The second kappa shape index (κ2) is 26.7. The molecular formula is C87H90IrN6O-2. The number of fused-ring (bicyclic) bond motifs is 3. The van der Waals surface area contributed by atoms with Crippen LogP contribution in [-0.4, -0.2) is 33.8 Å². The van der Waals surface area contributed by atoms with E-state index in [4.69, 9.17) is 15.0 Å². The van der Waals surface area contributed by atoms with E-state index in [0.717, 1.165) is 101 Å². The summed E-state index contributed by atoms with van der Waals surface area (Å²) in [6, 6.07) is 80.2. The van der Waals surface area contributed by atoms with Gasteiger partial charge in [0.05, 0.1) is 56.0 Å². The maximum atomic E-state index is 12.1. The molecule has 0 aliphatic carbocycles. The molecule has 0 saturated carbocycles. The van der Waals surface area contributed by atoms with Crippen LogP contribution in [0, 0.1) is 12.1 Å². The molecule has 0 fully saturated rings. The van der Waals surface area contributed by atoms with Crippen molar-refractivity contribution in [3.8, 4) is 79.2 Å². The number of aromatic hydroxyl groups is 1. The molecule has 3 aromatic heterocycles. The van der Waals surface area contributed by atoms with E-state index in [-0.39, 0.29) is 42.1 Å². The van der Waals surface area contributed by atoms with Gasteiger partial charge in [-0.15, -0.1) is 60.2 Å². The quantitative estimate of drug-likeness (QED) is 0.124. The minimum Gasteiger partial charge on any atom is -0.507 e. The minimum absolute atomic E-state index is 0. The van der Waals surface area contributed by atoms with Crippen LogP contribution >= 0.6 is 0 Å². The summed E-state index contributed by atoms with van der Waals surface area (Å²) in [5, 5.41) is 12.1. The van der Waals surface area contributed by atoms with Crippen LogP contribution in [-0.2, 0) is 36.4 Å². The number of imidazole rings is 3. The zero-order chi connectivity index (χ0) is 66.7. The third-order valence-corrected chi connectivity index (χ3v) is 18.4. The van der Waals surface area contributed by atoms with Gasteiger partial charge in [-0.1, -0.05) is 250 Å². The second-order valence-corrected chi connectivity index (χ2v) is 29.7. The Kier molecular flexibility index (Phi) is 19.0. The molecule has 10 aromatic carbocycles. The van der Waals surface area contributed by atoms with Gasteiger partial charge in [0.1, 0.15) is 11.6 Å². The maximum absolute atomic E-state index is 12.1. The summed E-state index contributed by atoms with van der Waals surface area (Å²) in [4.78, 5) is 16.0. The first-order valence-electron chi connectivity index (χ1n) is 33.6. The molecule has 1 N–H and O–H groups in total. The van der Waals surface area contributed by atoms with Gasteiger partial charge < -0.3 is 14.2 Å². The summed E-state index contributed by atoms with van der Waals surface area (Å²) in [5.74, 6) is 4.16. The smallest absolute Gasteiger partial charge is 0.148 e. The average molecular weight is 1430 g/mol. The molecule has 0 amide bonds. The molecule has 0 unspecified atom stereocenters. The first-order valence-corrected chi connectivity index (χ1v) is 33.6. The number of phenols is 1.